The highest BCUT2D eigenvalue weighted by atomic mass is 16.6. The highest BCUT2D eigenvalue weighted by molar-refractivity contribution is 5.68. The number of rotatable bonds is 5. The third-order valence-electron chi connectivity index (χ3n) is 2.10. The SMILES string of the molecule is CC(C)COC(=O)N(CCO)C1CC1. The minimum absolute atomic E-state index is 0.00722. The van der Waals surface area contributed by atoms with Crippen molar-refractivity contribution in [2.45, 2.75) is 32.7 Å². The predicted octanol–water partition coefficient (Wildman–Crippen LogP) is 1.24. The predicted molar refractivity (Wildman–Crippen MR) is 53.0 cm³/mol. The van der Waals surface area contributed by atoms with E-state index in [2.05, 4.69) is 0 Å². The van der Waals surface area contributed by atoms with E-state index >= 15 is 0 Å². The molecule has 82 valence electrons. The molecule has 0 atom stereocenters. The van der Waals surface area contributed by atoms with Gasteiger partial charge in [0.15, 0.2) is 0 Å². The maximum atomic E-state index is 11.5. The average molecular weight is 201 g/mol. The van der Waals surface area contributed by atoms with E-state index in [1.165, 1.54) is 0 Å². The molecule has 0 heterocycles. The largest absolute Gasteiger partial charge is 0.449 e. The molecule has 14 heavy (non-hydrogen) atoms. The zero-order valence-corrected chi connectivity index (χ0v) is 8.90. The van der Waals surface area contributed by atoms with Crippen molar-refractivity contribution in [2.24, 2.45) is 5.92 Å². The fourth-order valence-corrected chi connectivity index (χ4v) is 1.24. The molecule has 0 aromatic rings. The first-order chi connectivity index (χ1) is 6.65. The highest BCUT2D eigenvalue weighted by Crippen LogP contribution is 2.27. The third kappa shape index (κ3) is 3.54. The van der Waals surface area contributed by atoms with Gasteiger partial charge < -0.3 is 14.7 Å². The second-order valence-electron chi connectivity index (χ2n) is 4.12. The van der Waals surface area contributed by atoms with Crippen LogP contribution in [0.4, 0.5) is 4.79 Å². The van der Waals surface area contributed by atoms with Gasteiger partial charge in [0.2, 0.25) is 0 Å². The standard InChI is InChI=1S/C10H19NO3/c1-8(2)7-14-10(13)11(5-6-12)9-3-4-9/h8-9,12H,3-7H2,1-2H3. The fraction of sp³-hybridized carbons (Fsp3) is 0.900. The lowest BCUT2D eigenvalue weighted by Gasteiger charge is -2.21. The molecule has 0 bridgehead atoms. The van der Waals surface area contributed by atoms with Crippen molar-refractivity contribution in [1.82, 2.24) is 4.90 Å². The monoisotopic (exact) mass is 201 g/mol. The summed E-state index contributed by atoms with van der Waals surface area (Å²) in [6.45, 7) is 4.85. The van der Waals surface area contributed by atoms with E-state index in [1.807, 2.05) is 13.8 Å². The number of aliphatic hydroxyl groups is 1. The maximum Gasteiger partial charge on any atom is 0.410 e. The number of carbonyl (C=O) groups excluding carboxylic acids is 1. The molecular weight excluding hydrogens is 182 g/mol. The van der Waals surface area contributed by atoms with Crippen LogP contribution in [0.3, 0.4) is 0 Å². The number of ether oxygens (including phenoxy) is 1. The molecule has 1 amide bonds. The lowest BCUT2D eigenvalue weighted by Crippen LogP contribution is -2.36. The summed E-state index contributed by atoms with van der Waals surface area (Å²) >= 11 is 0. The van der Waals surface area contributed by atoms with Crippen molar-refractivity contribution in [3.05, 3.63) is 0 Å². The molecule has 1 aliphatic carbocycles. The second kappa shape index (κ2) is 5.20. The zero-order valence-electron chi connectivity index (χ0n) is 8.90. The molecule has 1 fully saturated rings. The van der Waals surface area contributed by atoms with E-state index in [0.29, 0.717) is 25.1 Å². The van der Waals surface area contributed by atoms with Gasteiger partial charge in [0, 0.05) is 12.6 Å². The Hall–Kier alpha value is -0.770. The normalized spacial score (nSPS) is 15.7. The number of aliphatic hydroxyl groups excluding tert-OH is 1. The van der Waals surface area contributed by atoms with E-state index in [4.69, 9.17) is 9.84 Å². The molecule has 1 rings (SSSR count). The molecule has 0 aliphatic heterocycles. The second-order valence-corrected chi connectivity index (χ2v) is 4.12. The average Bonchev–Trinajstić information content (AvgIpc) is 2.93. The molecule has 1 saturated carbocycles. The summed E-state index contributed by atoms with van der Waals surface area (Å²) in [5, 5.41) is 8.79. The van der Waals surface area contributed by atoms with E-state index < -0.39 is 0 Å². The van der Waals surface area contributed by atoms with Crippen molar-refractivity contribution >= 4 is 6.09 Å². The lowest BCUT2D eigenvalue weighted by molar-refractivity contribution is 0.0823. The molecule has 4 nitrogen and oxygen atoms in total. The van der Waals surface area contributed by atoms with Crippen molar-refractivity contribution in [2.75, 3.05) is 19.8 Å². The van der Waals surface area contributed by atoms with Gasteiger partial charge in [0.05, 0.1) is 13.2 Å². The molecule has 0 saturated heterocycles. The van der Waals surface area contributed by atoms with Gasteiger partial charge in [-0.3, -0.25) is 0 Å². The van der Waals surface area contributed by atoms with E-state index in [-0.39, 0.29) is 12.7 Å². The van der Waals surface area contributed by atoms with Crippen molar-refractivity contribution in [3.8, 4) is 0 Å². The Kier molecular flexibility index (Phi) is 4.20. The minimum Gasteiger partial charge on any atom is -0.449 e. The molecule has 0 aromatic carbocycles. The van der Waals surface area contributed by atoms with Crippen LogP contribution in [-0.2, 0) is 4.74 Å². The molecule has 0 spiro atoms. The van der Waals surface area contributed by atoms with Gasteiger partial charge in [-0.15, -0.1) is 0 Å². The van der Waals surface area contributed by atoms with Gasteiger partial charge in [-0.1, -0.05) is 13.8 Å². The van der Waals surface area contributed by atoms with Crippen molar-refractivity contribution in [1.29, 1.82) is 0 Å². The summed E-state index contributed by atoms with van der Waals surface area (Å²) in [7, 11) is 0. The number of carbonyl (C=O) groups is 1. The van der Waals surface area contributed by atoms with Crippen molar-refractivity contribution < 1.29 is 14.6 Å². The van der Waals surface area contributed by atoms with Gasteiger partial charge >= 0.3 is 6.09 Å². The van der Waals surface area contributed by atoms with Gasteiger partial charge in [-0.05, 0) is 18.8 Å². The Bertz CT molecular complexity index is 190. The van der Waals surface area contributed by atoms with Crippen molar-refractivity contribution in [3.63, 3.8) is 0 Å². The van der Waals surface area contributed by atoms with Gasteiger partial charge in [-0.25, -0.2) is 4.79 Å². The van der Waals surface area contributed by atoms with Gasteiger partial charge in [0.1, 0.15) is 0 Å². The summed E-state index contributed by atoms with van der Waals surface area (Å²) in [6, 6.07) is 0.307. The third-order valence-corrected chi connectivity index (χ3v) is 2.10. The Labute approximate surface area is 84.8 Å². The summed E-state index contributed by atoms with van der Waals surface area (Å²) in [4.78, 5) is 13.1. The Balaban J connectivity index is 2.30. The molecule has 1 aliphatic rings. The first-order valence-electron chi connectivity index (χ1n) is 5.19. The number of hydrogen-bond acceptors (Lipinski definition) is 3. The summed E-state index contributed by atoms with van der Waals surface area (Å²) < 4.78 is 5.10. The van der Waals surface area contributed by atoms with Crippen LogP contribution in [0.15, 0.2) is 0 Å². The zero-order chi connectivity index (χ0) is 10.6. The van der Waals surface area contributed by atoms with Crippen LogP contribution < -0.4 is 0 Å². The van der Waals surface area contributed by atoms with Crippen LogP contribution in [0.5, 0.6) is 0 Å². The number of amides is 1. The Morgan fingerprint density at radius 2 is 2.21 bits per heavy atom. The summed E-state index contributed by atoms with van der Waals surface area (Å²) in [5.74, 6) is 0.356. The van der Waals surface area contributed by atoms with E-state index in [1.54, 1.807) is 4.90 Å². The maximum absolute atomic E-state index is 11.5. The van der Waals surface area contributed by atoms with E-state index in [9.17, 15) is 4.79 Å². The number of hydrogen-bond donors (Lipinski definition) is 1. The topological polar surface area (TPSA) is 49.8 Å². The minimum atomic E-state index is -0.282. The van der Waals surface area contributed by atoms with Crippen LogP contribution in [0.2, 0.25) is 0 Å². The molecule has 0 aromatic heterocycles. The van der Waals surface area contributed by atoms with Gasteiger partial charge in [-0.2, -0.15) is 0 Å². The van der Waals surface area contributed by atoms with Gasteiger partial charge in [0.25, 0.3) is 0 Å². The molecule has 0 unspecified atom stereocenters. The summed E-state index contributed by atoms with van der Waals surface area (Å²) in [5.41, 5.74) is 0. The van der Waals surface area contributed by atoms with Crippen LogP contribution in [0.25, 0.3) is 0 Å². The Morgan fingerprint density at radius 1 is 1.57 bits per heavy atom. The smallest absolute Gasteiger partial charge is 0.410 e. The van der Waals surface area contributed by atoms with Crippen LogP contribution >= 0.6 is 0 Å². The fourth-order valence-electron chi connectivity index (χ4n) is 1.24. The molecular formula is C10H19NO3. The lowest BCUT2D eigenvalue weighted by atomic mass is 10.2. The molecule has 0 radical (unpaired) electrons. The molecule has 1 N–H and O–H groups in total. The van der Waals surface area contributed by atoms with E-state index in [0.717, 1.165) is 12.8 Å². The van der Waals surface area contributed by atoms with Crippen LogP contribution in [0.1, 0.15) is 26.7 Å². The first kappa shape index (κ1) is 11.3. The van der Waals surface area contributed by atoms with Crippen LogP contribution in [-0.4, -0.2) is 41.9 Å². The highest BCUT2D eigenvalue weighted by Gasteiger charge is 2.33. The summed E-state index contributed by atoms with van der Waals surface area (Å²) in [6.07, 6.45) is 1.79. The number of nitrogens with zero attached hydrogens (tertiary/aromatic N) is 1. The quantitative estimate of drug-likeness (QED) is 0.728. The van der Waals surface area contributed by atoms with Crippen LogP contribution in [0, 0.1) is 5.92 Å². The molecule has 4 heteroatoms. The first-order valence-corrected chi connectivity index (χ1v) is 5.19. The Morgan fingerprint density at radius 3 is 2.64 bits per heavy atom.